The molecule has 0 N–H and O–H groups in total. The van der Waals surface area contributed by atoms with Gasteiger partial charge >= 0.3 is 11.9 Å². The van der Waals surface area contributed by atoms with Gasteiger partial charge in [0.1, 0.15) is 11.5 Å². The number of hydrogen-bond donors (Lipinski definition) is 0. The summed E-state index contributed by atoms with van der Waals surface area (Å²) in [6.07, 6.45) is -5.83. The number of alkyl halides is 1. The summed E-state index contributed by atoms with van der Waals surface area (Å²) < 4.78 is 62.9. The molecule has 0 aromatic heterocycles. The first-order valence-electron chi connectivity index (χ1n) is 13.0. The van der Waals surface area contributed by atoms with Gasteiger partial charge < -0.3 is 9.47 Å². The van der Waals surface area contributed by atoms with Crippen molar-refractivity contribution < 1.29 is 40.4 Å². The van der Waals surface area contributed by atoms with Crippen molar-refractivity contribution in [1.82, 2.24) is 0 Å². The highest BCUT2D eigenvalue weighted by atomic mass is 35.5. The SMILES string of the molecule is Cc1cc(C)cc(C(=O)OCC(OS(=O)(=O)c2cc(C)c(Cl)cc2Cl)[C@H](OC(=O)c2cc(C)cc(C)c2)C(F)/C=N\OCl)c1. The van der Waals surface area contributed by atoms with Crippen molar-refractivity contribution in [2.24, 2.45) is 5.16 Å². The van der Waals surface area contributed by atoms with Crippen LogP contribution in [0.25, 0.3) is 0 Å². The van der Waals surface area contributed by atoms with Crippen molar-refractivity contribution in [2.45, 2.75) is 57.9 Å². The summed E-state index contributed by atoms with van der Waals surface area (Å²) in [5.74, 6) is -1.88. The molecule has 3 atom stereocenters. The van der Waals surface area contributed by atoms with Crippen molar-refractivity contribution in [2.75, 3.05) is 6.61 Å². The molecule has 44 heavy (non-hydrogen) atoms. The maximum Gasteiger partial charge on any atom is 0.338 e. The zero-order valence-electron chi connectivity index (χ0n) is 24.3. The van der Waals surface area contributed by atoms with Gasteiger partial charge in [0.2, 0.25) is 0 Å². The molecular weight excluding hydrogens is 660 g/mol. The summed E-state index contributed by atoms with van der Waals surface area (Å²) >= 11 is 17.3. The summed E-state index contributed by atoms with van der Waals surface area (Å²) in [6.45, 7) is 7.69. The minimum Gasteiger partial charge on any atom is -0.459 e. The summed E-state index contributed by atoms with van der Waals surface area (Å²) in [4.78, 5) is 25.7. The number of halogens is 4. The molecule has 0 saturated heterocycles. The molecule has 236 valence electrons. The first-order valence-corrected chi connectivity index (χ1v) is 15.5. The third-order valence-corrected chi connectivity index (χ3v) is 8.48. The van der Waals surface area contributed by atoms with Gasteiger partial charge in [-0.1, -0.05) is 62.7 Å². The molecule has 0 bridgehead atoms. The van der Waals surface area contributed by atoms with Crippen LogP contribution in [0, 0.1) is 34.6 Å². The summed E-state index contributed by atoms with van der Waals surface area (Å²) in [5.41, 5.74) is 3.51. The van der Waals surface area contributed by atoms with Crippen LogP contribution < -0.4 is 0 Å². The van der Waals surface area contributed by atoms with Crippen molar-refractivity contribution in [3.05, 3.63) is 97.5 Å². The van der Waals surface area contributed by atoms with Gasteiger partial charge in [-0.15, -0.1) is 0 Å². The third kappa shape index (κ3) is 9.39. The second kappa shape index (κ2) is 15.2. The van der Waals surface area contributed by atoms with Gasteiger partial charge in [-0.3, -0.25) is 8.57 Å². The van der Waals surface area contributed by atoms with Crippen molar-refractivity contribution >= 4 is 63.3 Å². The second-order valence-electron chi connectivity index (χ2n) is 10.1. The number of rotatable bonds is 12. The molecule has 14 heteroatoms. The van der Waals surface area contributed by atoms with Gasteiger partial charge in [-0.05, 0) is 76.6 Å². The molecule has 3 rings (SSSR count). The summed E-state index contributed by atoms with van der Waals surface area (Å²) in [6, 6.07) is 12.1. The van der Waals surface area contributed by atoms with Crippen LogP contribution in [-0.4, -0.2) is 51.6 Å². The smallest absolute Gasteiger partial charge is 0.338 e. The number of carbonyl (C=O) groups excluding carboxylic acids is 2. The molecular formula is C30H29Cl3FNO8S. The zero-order valence-corrected chi connectivity index (χ0v) is 27.4. The molecule has 2 unspecified atom stereocenters. The topological polar surface area (TPSA) is 118 Å². The number of carbonyl (C=O) groups is 2. The standard InChI is InChI=1S/C30H29Cl3FNO8S/c1-16-6-17(2)9-21(8-16)29(36)40-15-26(42-44(38,39)27-12-20(5)23(31)13-24(27)32)28(25(34)14-35-43-33)41-30(37)22-10-18(3)7-19(4)11-22/h6-14,25-26,28H,15H2,1-5H3/b35-14-/t25?,26?,28-/m1/s1. The van der Waals surface area contributed by atoms with E-state index in [1.165, 1.54) is 25.1 Å². The molecule has 0 amide bonds. The largest absolute Gasteiger partial charge is 0.459 e. The molecule has 0 saturated carbocycles. The van der Waals surface area contributed by atoms with Crippen LogP contribution in [0.2, 0.25) is 10.0 Å². The second-order valence-corrected chi connectivity index (χ2v) is 12.6. The Bertz CT molecular complexity index is 1640. The van der Waals surface area contributed by atoms with Crippen LogP contribution in [0.15, 0.2) is 58.6 Å². The third-order valence-electron chi connectivity index (χ3n) is 6.19. The lowest BCUT2D eigenvalue weighted by Crippen LogP contribution is -2.45. The molecule has 0 radical (unpaired) electrons. The van der Waals surface area contributed by atoms with E-state index < -0.39 is 51.9 Å². The van der Waals surface area contributed by atoms with E-state index in [4.69, 9.17) is 48.7 Å². The van der Waals surface area contributed by atoms with E-state index in [9.17, 15) is 18.0 Å². The number of aryl methyl sites for hydroxylation is 5. The highest BCUT2D eigenvalue weighted by molar-refractivity contribution is 7.87. The Hall–Kier alpha value is -3.22. The number of nitrogens with zero attached hydrogens (tertiary/aromatic N) is 1. The molecule has 0 fully saturated rings. The molecule has 0 aliphatic heterocycles. The Morgan fingerprint density at radius 1 is 0.841 bits per heavy atom. The first-order chi connectivity index (χ1) is 20.6. The van der Waals surface area contributed by atoms with Gasteiger partial charge in [-0.2, -0.15) is 8.42 Å². The number of oxime groups is 1. The normalized spacial score (nSPS) is 13.8. The van der Waals surface area contributed by atoms with E-state index in [0.29, 0.717) is 22.9 Å². The first kappa shape index (κ1) is 35.3. The highest BCUT2D eigenvalue weighted by Crippen LogP contribution is 2.31. The number of esters is 2. The van der Waals surface area contributed by atoms with E-state index >= 15 is 4.39 Å². The van der Waals surface area contributed by atoms with Crippen LogP contribution in [0.3, 0.4) is 0 Å². The molecule has 0 aliphatic rings. The number of hydrogen-bond acceptors (Lipinski definition) is 9. The van der Waals surface area contributed by atoms with Gasteiger partial charge in [0.25, 0.3) is 10.1 Å². The fourth-order valence-corrected chi connectivity index (χ4v) is 6.27. The average Bonchev–Trinajstić information content (AvgIpc) is 2.93. The van der Waals surface area contributed by atoms with E-state index in [1.54, 1.807) is 45.9 Å². The van der Waals surface area contributed by atoms with Crippen LogP contribution in [0.5, 0.6) is 0 Å². The predicted octanol–water partition coefficient (Wildman–Crippen LogP) is 7.19. The quantitative estimate of drug-likeness (QED) is 0.0850. The van der Waals surface area contributed by atoms with Crippen LogP contribution in [-0.2, 0) is 28.2 Å². The fourth-order valence-electron chi connectivity index (χ4n) is 4.34. The Kier molecular flexibility index (Phi) is 12.2. The zero-order chi connectivity index (χ0) is 32.8. The number of ether oxygens (including phenoxy) is 2. The fraction of sp³-hybridized carbons (Fsp3) is 0.300. The monoisotopic (exact) mass is 687 g/mol. The molecule has 0 aliphatic carbocycles. The Morgan fingerprint density at radius 2 is 1.36 bits per heavy atom. The van der Waals surface area contributed by atoms with Crippen LogP contribution in [0.1, 0.15) is 48.5 Å². The van der Waals surface area contributed by atoms with Gasteiger partial charge in [-0.25, -0.2) is 14.0 Å². The highest BCUT2D eigenvalue weighted by Gasteiger charge is 2.39. The lowest BCUT2D eigenvalue weighted by Gasteiger charge is -2.27. The van der Waals surface area contributed by atoms with E-state index in [-0.39, 0.29) is 21.2 Å². The van der Waals surface area contributed by atoms with Crippen LogP contribution >= 0.6 is 35.1 Å². The van der Waals surface area contributed by atoms with Gasteiger partial charge in [0.15, 0.2) is 30.2 Å². The van der Waals surface area contributed by atoms with Crippen molar-refractivity contribution in [3.63, 3.8) is 0 Å². The lowest BCUT2D eigenvalue weighted by atomic mass is 10.1. The minimum absolute atomic E-state index is 0.0513. The lowest BCUT2D eigenvalue weighted by molar-refractivity contribution is -0.0477. The van der Waals surface area contributed by atoms with E-state index in [1.807, 2.05) is 6.07 Å². The number of benzene rings is 3. The molecule has 0 spiro atoms. The maximum atomic E-state index is 15.6. The molecule has 9 nitrogen and oxygen atoms in total. The molecule has 0 heterocycles. The van der Waals surface area contributed by atoms with Gasteiger partial charge in [0, 0.05) is 5.02 Å². The predicted molar refractivity (Wildman–Crippen MR) is 165 cm³/mol. The van der Waals surface area contributed by atoms with Crippen molar-refractivity contribution in [3.8, 4) is 0 Å². The summed E-state index contributed by atoms with van der Waals surface area (Å²) in [5, 5.41) is 3.06. The Labute approximate surface area is 270 Å². The summed E-state index contributed by atoms with van der Waals surface area (Å²) in [7, 11) is -4.81. The Morgan fingerprint density at radius 3 is 1.89 bits per heavy atom. The molecule has 3 aromatic rings. The van der Waals surface area contributed by atoms with E-state index in [2.05, 4.69) is 9.55 Å². The minimum atomic E-state index is -4.81. The average molecular weight is 689 g/mol. The van der Waals surface area contributed by atoms with E-state index in [0.717, 1.165) is 17.2 Å². The van der Waals surface area contributed by atoms with Gasteiger partial charge in [0.05, 0.1) is 22.4 Å². The molecule has 3 aromatic carbocycles. The Balaban J connectivity index is 2.06. The van der Waals surface area contributed by atoms with Crippen LogP contribution in [0.4, 0.5) is 4.39 Å². The van der Waals surface area contributed by atoms with Crippen molar-refractivity contribution in [1.29, 1.82) is 0 Å². The maximum absolute atomic E-state index is 15.6.